The van der Waals surface area contributed by atoms with E-state index in [9.17, 15) is 9.59 Å². The number of likely N-dealkylation sites (N-methyl/N-ethyl adjacent to an activating group) is 1. The molecule has 2 aromatic carbocycles. The fraction of sp³-hybridized carbons (Fsp3) is 0.576. The topological polar surface area (TPSA) is 68.3 Å². The van der Waals surface area contributed by atoms with Gasteiger partial charge in [0, 0.05) is 20.0 Å². The number of piperazine rings is 1. The molecular weight excluding hydrogens is 504 g/mol. The van der Waals surface area contributed by atoms with Gasteiger partial charge in [-0.2, -0.15) is 0 Å². The lowest BCUT2D eigenvalue weighted by molar-refractivity contribution is -0.154. The van der Waals surface area contributed by atoms with Crippen LogP contribution < -0.4 is 14.2 Å². The Morgan fingerprint density at radius 1 is 0.750 bits per heavy atom. The fourth-order valence-electron chi connectivity index (χ4n) is 5.41. The van der Waals surface area contributed by atoms with E-state index in [1.807, 2.05) is 36.4 Å². The molecule has 0 N–H and O–H groups in total. The predicted molar refractivity (Wildman–Crippen MR) is 160 cm³/mol. The second-order valence-electron chi connectivity index (χ2n) is 10.8. The van der Waals surface area contributed by atoms with Crippen LogP contribution in [0.4, 0.5) is 0 Å². The molecule has 2 aromatic rings. The number of ether oxygens (including phenoxy) is 3. The third kappa shape index (κ3) is 8.39. The number of carbonyl (C=O) groups is 2. The van der Waals surface area contributed by atoms with Crippen LogP contribution in [0.15, 0.2) is 36.4 Å². The van der Waals surface area contributed by atoms with Crippen molar-refractivity contribution in [3.8, 4) is 28.4 Å². The van der Waals surface area contributed by atoms with Crippen LogP contribution in [-0.2, 0) is 16.0 Å². The Morgan fingerprint density at radius 2 is 1.30 bits per heavy atom. The molecule has 1 aliphatic heterocycles. The van der Waals surface area contributed by atoms with E-state index >= 15 is 0 Å². The van der Waals surface area contributed by atoms with Crippen molar-refractivity contribution in [3.05, 3.63) is 42.0 Å². The molecule has 1 heterocycles. The summed E-state index contributed by atoms with van der Waals surface area (Å²) >= 11 is 0. The smallest absolute Gasteiger partial charge is 0.246 e. The van der Waals surface area contributed by atoms with Crippen LogP contribution in [0.3, 0.4) is 0 Å². The average Bonchev–Trinajstić information content (AvgIpc) is 2.98. The van der Waals surface area contributed by atoms with Crippen LogP contribution in [0, 0.1) is 0 Å². The molecule has 0 bridgehead atoms. The van der Waals surface area contributed by atoms with Gasteiger partial charge < -0.3 is 24.0 Å². The summed E-state index contributed by atoms with van der Waals surface area (Å²) in [5.74, 6) is 1.79. The number of benzene rings is 2. The zero-order valence-corrected chi connectivity index (χ0v) is 25.2. The predicted octanol–water partition coefficient (Wildman–Crippen LogP) is 6.51. The van der Waals surface area contributed by atoms with Gasteiger partial charge in [-0.05, 0) is 35.2 Å². The summed E-state index contributed by atoms with van der Waals surface area (Å²) in [5, 5.41) is 0. The molecule has 0 unspecified atom stereocenters. The second-order valence-corrected chi connectivity index (χ2v) is 10.8. The van der Waals surface area contributed by atoms with E-state index < -0.39 is 6.04 Å². The maximum absolute atomic E-state index is 13.4. The van der Waals surface area contributed by atoms with Gasteiger partial charge in [0.1, 0.15) is 6.04 Å². The quantitative estimate of drug-likeness (QED) is 0.209. The van der Waals surface area contributed by atoms with Crippen molar-refractivity contribution in [2.75, 3.05) is 41.5 Å². The van der Waals surface area contributed by atoms with Crippen molar-refractivity contribution in [1.29, 1.82) is 0 Å². The number of nitrogens with zero attached hydrogens (tertiary/aromatic N) is 2. The standard InChI is InChI=1S/C33H48N2O5/c1-6-7-8-9-10-11-12-13-14-15-20-35-24-31(36)34(2)28(33(35)37)21-25-16-18-26(19-17-25)27-22-29(38-3)32(40-5)30(23-27)39-4/h16-19,22-23,28H,6-15,20-21,24H2,1-5H3/t28-/m0/s1. The van der Waals surface area contributed by atoms with Crippen molar-refractivity contribution < 1.29 is 23.8 Å². The van der Waals surface area contributed by atoms with Crippen molar-refractivity contribution >= 4 is 11.8 Å². The molecule has 2 amide bonds. The number of hydrogen-bond donors (Lipinski definition) is 0. The van der Waals surface area contributed by atoms with E-state index in [-0.39, 0.29) is 18.4 Å². The van der Waals surface area contributed by atoms with Gasteiger partial charge in [0.2, 0.25) is 17.6 Å². The zero-order chi connectivity index (χ0) is 28.9. The normalized spacial score (nSPS) is 15.5. The molecule has 1 aliphatic rings. The molecule has 0 saturated carbocycles. The Hall–Kier alpha value is -3.22. The van der Waals surface area contributed by atoms with Crippen molar-refractivity contribution in [1.82, 2.24) is 9.80 Å². The van der Waals surface area contributed by atoms with Crippen molar-refractivity contribution in [3.63, 3.8) is 0 Å². The van der Waals surface area contributed by atoms with Gasteiger partial charge in [0.25, 0.3) is 0 Å². The van der Waals surface area contributed by atoms with Gasteiger partial charge in [-0.3, -0.25) is 9.59 Å². The number of methoxy groups -OCH3 is 3. The summed E-state index contributed by atoms with van der Waals surface area (Å²) in [6.45, 7) is 3.09. The highest BCUT2D eigenvalue weighted by Crippen LogP contribution is 2.41. The number of carbonyl (C=O) groups excluding carboxylic acids is 2. The van der Waals surface area contributed by atoms with Crippen LogP contribution in [-0.4, -0.2) is 69.1 Å². The molecule has 1 saturated heterocycles. The monoisotopic (exact) mass is 552 g/mol. The number of amides is 2. The molecule has 0 aliphatic carbocycles. The summed E-state index contributed by atoms with van der Waals surface area (Å²) < 4.78 is 16.4. The number of hydrogen-bond acceptors (Lipinski definition) is 5. The Bertz CT molecular complexity index is 1060. The maximum atomic E-state index is 13.4. The first kappa shape index (κ1) is 31.3. The second kappa shape index (κ2) is 16.1. The van der Waals surface area contributed by atoms with Crippen molar-refractivity contribution in [2.45, 2.75) is 83.6 Å². The highest BCUT2D eigenvalue weighted by atomic mass is 16.5. The maximum Gasteiger partial charge on any atom is 0.246 e. The van der Waals surface area contributed by atoms with Crippen LogP contribution in [0.2, 0.25) is 0 Å². The summed E-state index contributed by atoms with van der Waals surface area (Å²) in [5.41, 5.74) is 2.93. The first-order valence-corrected chi connectivity index (χ1v) is 14.9. The van der Waals surface area contributed by atoms with E-state index in [4.69, 9.17) is 14.2 Å². The minimum absolute atomic E-state index is 0.00530. The summed E-state index contributed by atoms with van der Waals surface area (Å²) in [7, 11) is 6.53. The zero-order valence-electron chi connectivity index (χ0n) is 25.2. The first-order chi connectivity index (χ1) is 19.4. The lowest BCUT2D eigenvalue weighted by Crippen LogP contribution is -2.59. The molecule has 7 heteroatoms. The number of rotatable bonds is 17. The summed E-state index contributed by atoms with van der Waals surface area (Å²) in [6, 6.07) is 11.4. The molecule has 0 aromatic heterocycles. The van der Waals surface area contributed by atoms with E-state index in [0.717, 1.165) is 29.5 Å². The van der Waals surface area contributed by atoms with Crippen LogP contribution in [0.5, 0.6) is 17.2 Å². The largest absolute Gasteiger partial charge is 0.493 e. The lowest BCUT2D eigenvalue weighted by Gasteiger charge is -2.38. The minimum atomic E-state index is -0.476. The third-order valence-corrected chi connectivity index (χ3v) is 7.95. The fourth-order valence-corrected chi connectivity index (χ4v) is 5.41. The van der Waals surface area contributed by atoms with Crippen LogP contribution >= 0.6 is 0 Å². The SMILES string of the molecule is CCCCCCCCCCCCN1CC(=O)N(C)[C@@H](Cc2ccc(-c3cc(OC)c(OC)c(OC)c3)cc2)C1=O. The van der Waals surface area contributed by atoms with Crippen LogP contribution in [0.25, 0.3) is 11.1 Å². The molecule has 1 fully saturated rings. The third-order valence-electron chi connectivity index (χ3n) is 7.95. The first-order valence-electron chi connectivity index (χ1n) is 14.9. The van der Waals surface area contributed by atoms with E-state index in [1.165, 1.54) is 51.4 Å². The molecule has 0 radical (unpaired) electrons. The molecular formula is C33H48N2O5. The number of unbranched alkanes of at least 4 members (excludes halogenated alkanes) is 9. The Labute approximate surface area is 240 Å². The highest BCUT2D eigenvalue weighted by Gasteiger charge is 2.36. The lowest BCUT2D eigenvalue weighted by atomic mass is 9.98. The summed E-state index contributed by atoms with van der Waals surface area (Å²) in [6.07, 6.45) is 13.0. The van der Waals surface area contributed by atoms with Gasteiger partial charge in [-0.15, -0.1) is 0 Å². The molecule has 1 atom stereocenters. The van der Waals surface area contributed by atoms with Crippen molar-refractivity contribution in [2.24, 2.45) is 0 Å². The minimum Gasteiger partial charge on any atom is -0.493 e. The summed E-state index contributed by atoms with van der Waals surface area (Å²) in [4.78, 5) is 29.5. The molecule has 0 spiro atoms. The van der Waals surface area contributed by atoms with Gasteiger partial charge in [0.05, 0.1) is 27.9 Å². The highest BCUT2D eigenvalue weighted by molar-refractivity contribution is 5.95. The Kier molecular flexibility index (Phi) is 12.6. The van der Waals surface area contributed by atoms with Gasteiger partial charge in [-0.1, -0.05) is 89.0 Å². The van der Waals surface area contributed by atoms with E-state index in [0.29, 0.717) is 30.2 Å². The van der Waals surface area contributed by atoms with E-state index in [1.54, 1.807) is 38.2 Å². The average molecular weight is 553 g/mol. The van der Waals surface area contributed by atoms with E-state index in [2.05, 4.69) is 6.92 Å². The molecule has 7 nitrogen and oxygen atoms in total. The molecule has 3 rings (SSSR count). The van der Waals surface area contributed by atoms with Gasteiger partial charge in [0.15, 0.2) is 11.5 Å². The Balaban J connectivity index is 1.55. The Morgan fingerprint density at radius 3 is 1.82 bits per heavy atom. The van der Waals surface area contributed by atoms with Crippen LogP contribution in [0.1, 0.15) is 76.7 Å². The van der Waals surface area contributed by atoms with Gasteiger partial charge in [-0.25, -0.2) is 0 Å². The molecule has 220 valence electrons. The van der Waals surface area contributed by atoms with Gasteiger partial charge >= 0.3 is 0 Å². The molecule has 40 heavy (non-hydrogen) atoms.